The summed E-state index contributed by atoms with van der Waals surface area (Å²) in [6, 6.07) is 10.6. The second-order valence-corrected chi connectivity index (χ2v) is 5.65. The lowest BCUT2D eigenvalue weighted by Gasteiger charge is -2.07. The van der Waals surface area contributed by atoms with Gasteiger partial charge < -0.3 is 0 Å². The molecule has 3 heteroatoms. The van der Waals surface area contributed by atoms with E-state index in [1.54, 1.807) is 18.1 Å². The molecular weight excluding hydrogens is 240 g/mol. The van der Waals surface area contributed by atoms with Gasteiger partial charge in [0.25, 0.3) is 0 Å². The zero-order chi connectivity index (χ0) is 13.0. The van der Waals surface area contributed by atoms with Crippen LogP contribution in [-0.4, -0.2) is 9.97 Å². The number of rotatable bonds is 4. The maximum absolute atomic E-state index is 4.32. The van der Waals surface area contributed by atoms with Gasteiger partial charge in [-0.25, -0.2) is 9.97 Å². The molecule has 0 fully saturated rings. The van der Waals surface area contributed by atoms with E-state index in [2.05, 4.69) is 61.1 Å². The van der Waals surface area contributed by atoms with Crippen molar-refractivity contribution in [1.82, 2.24) is 9.97 Å². The van der Waals surface area contributed by atoms with E-state index in [0.717, 1.165) is 16.5 Å². The summed E-state index contributed by atoms with van der Waals surface area (Å²) in [5.74, 6) is 1.41. The summed E-state index contributed by atoms with van der Waals surface area (Å²) in [6.45, 7) is 6.45. The summed E-state index contributed by atoms with van der Waals surface area (Å²) in [4.78, 5) is 8.61. The summed E-state index contributed by atoms with van der Waals surface area (Å²) < 4.78 is 0. The van der Waals surface area contributed by atoms with Crippen LogP contribution in [0.4, 0.5) is 0 Å². The highest BCUT2D eigenvalue weighted by Crippen LogP contribution is 2.24. The summed E-state index contributed by atoms with van der Waals surface area (Å²) in [7, 11) is 0. The first-order chi connectivity index (χ1) is 8.66. The van der Waals surface area contributed by atoms with E-state index in [-0.39, 0.29) is 0 Å². The zero-order valence-corrected chi connectivity index (χ0v) is 11.9. The van der Waals surface area contributed by atoms with Gasteiger partial charge in [-0.15, -0.1) is 11.8 Å². The Labute approximate surface area is 113 Å². The lowest BCUT2D eigenvalue weighted by atomic mass is 10.1. The Bertz CT molecular complexity index is 523. The second kappa shape index (κ2) is 6.01. The maximum Gasteiger partial charge on any atom is 0.116 e. The molecule has 0 aliphatic carbocycles. The first kappa shape index (κ1) is 13.1. The van der Waals surface area contributed by atoms with Crippen molar-refractivity contribution in [2.75, 3.05) is 0 Å². The standard InChI is InChI=1S/C15H18N2S/c1-11(2)14-8-15(17-10-16-14)18-9-13-7-5-4-6-12(13)3/h4-8,10-11H,9H2,1-3H3. The van der Waals surface area contributed by atoms with Crippen molar-refractivity contribution in [1.29, 1.82) is 0 Å². The summed E-state index contributed by atoms with van der Waals surface area (Å²) in [5.41, 5.74) is 3.81. The van der Waals surface area contributed by atoms with Crippen LogP contribution in [0.25, 0.3) is 0 Å². The molecular formula is C15H18N2S. The lowest BCUT2D eigenvalue weighted by molar-refractivity contribution is 0.799. The molecule has 0 aliphatic rings. The van der Waals surface area contributed by atoms with Gasteiger partial charge in [0.2, 0.25) is 0 Å². The fraction of sp³-hybridized carbons (Fsp3) is 0.333. The third kappa shape index (κ3) is 3.33. The van der Waals surface area contributed by atoms with E-state index in [4.69, 9.17) is 0 Å². The van der Waals surface area contributed by atoms with Crippen LogP contribution in [0.2, 0.25) is 0 Å². The van der Waals surface area contributed by atoms with Crippen LogP contribution in [0.1, 0.15) is 36.6 Å². The number of aromatic nitrogens is 2. The van der Waals surface area contributed by atoms with E-state index < -0.39 is 0 Å². The van der Waals surface area contributed by atoms with Crippen molar-refractivity contribution in [3.8, 4) is 0 Å². The number of hydrogen-bond acceptors (Lipinski definition) is 3. The Balaban J connectivity index is 2.07. The summed E-state index contributed by atoms with van der Waals surface area (Å²) >= 11 is 1.77. The molecule has 0 atom stereocenters. The van der Waals surface area contributed by atoms with Crippen LogP contribution >= 0.6 is 11.8 Å². The minimum Gasteiger partial charge on any atom is -0.241 e. The highest BCUT2D eigenvalue weighted by atomic mass is 32.2. The van der Waals surface area contributed by atoms with Gasteiger partial charge in [0, 0.05) is 11.4 Å². The van der Waals surface area contributed by atoms with Gasteiger partial charge in [-0.2, -0.15) is 0 Å². The van der Waals surface area contributed by atoms with Crippen molar-refractivity contribution in [3.05, 3.63) is 53.5 Å². The van der Waals surface area contributed by atoms with Crippen LogP contribution in [-0.2, 0) is 5.75 Å². The molecule has 0 unspecified atom stereocenters. The van der Waals surface area contributed by atoms with E-state index in [1.165, 1.54) is 11.1 Å². The lowest BCUT2D eigenvalue weighted by Crippen LogP contribution is -1.94. The van der Waals surface area contributed by atoms with E-state index >= 15 is 0 Å². The number of hydrogen-bond donors (Lipinski definition) is 0. The quantitative estimate of drug-likeness (QED) is 0.607. The Hall–Kier alpha value is -1.35. The maximum atomic E-state index is 4.32. The molecule has 0 bridgehead atoms. The van der Waals surface area contributed by atoms with Crippen LogP contribution in [0.15, 0.2) is 41.7 Å². The number of nitrogens with zero attached hydrogens (tertiary/aromatic N) is 2. The first-order valence-corrected chi connectivity index (χ1v) is 7.14. The predicted molar refractivity (Wildman–Crippen MR) is 76.9 cm³/mol. The van der Waals surface area contributed by atoms with Gasteiger partial charge in [-0.1, -0.05) is 38.1 Å². The Kier molecular flexibility index (Phi) is 4.37. The Morgan fingerprint density at radius 2 is 1.94 bits per heavy atom. The molecule has 0 saturated heterocycles. The minimum absolute atomic E-state index is 0.450. The average Bonchev–Trinajstić information content (AvgIpc) is 2.38. The molecule has 0 aliphatic heterocycles. The molecule has 0 saturated carbocycles. The summed E-state index contributed by atoms with van der Waals surface area (Å²) in [5, 5.41) is 1.05. The second-order valence-electron chi connectivity index (χ2n) is 4.65. The fourth-order valence-corrected chi connectivity index (χ4v) is 2.62. The molecule has 2 aromatic rings. The van der Waals surface area contributed by atoms with Gasteiger partial charge >= 0.3 is 0 Å². The van der Waals surface area contributed by atoms with Crippen molar-refractivity contribution in [2.24, 2.45) is 0 Å². The van der Waals surface area contributed by atoms with Crippen LogP contribution < -0.4 is 0 Å². The molecule has 0 N–H and O–H groups in total. The van der Waals surface area contributed by atoms with Crippen molar-refractivity contribution in [3.63, 3.8) is 0 Å². The average molecular weight is 258 g/mol. The van der Waals surface area contributed by atoms with Crippen LogP contribution in [0.3, 0.4) is 0 Å². The van der Waals surface area contributed by atoms with E-state index in [0.29, 0.717) is 5.92 Å². The van der Waals surface area contributed by atoms with Gasteiger partial charge in [0.1, 0.15) is 6.33 Å². The third-order valence-electron chi connectivity index (χ3n) is 2.89. The largest absolute Gasteiger partial charge is 0.241 e. The van der Waals surface area contributed by atoms with Gasteiger partial charge in [-0.3, -0.25) is 0 Å². The predicted octanol–water partition coefficient (Wildman–Crippen LogP) is 4.20. The SMILES string of the molecule is Cc1ccccc1CSc1cc(C(C)C)ncn1. The van der Waals surface area contributed by atoms with Crippen molar-refractivity contribution >= 4 is 11.8 Å². The zero-order valence-electron chi connectivity index (χ0n) is 11.1. The van der Waals surface area contributed by atoms with Gasteiger partial charge in [0.05, 0.1) is 5.03 Å². The fourth-order valence-electron chi connectivity index (χ4n) is 1.67. The molecule has 94 valence electrons. The van der Waals surface area contributed by atoms with Crippen LogP contribution in [0.5, 0.6) is 0 Å². The highest BCUT2D eigenvalue weighted by Gasteiger charge is 2.04. The Morgan fingerprint density at radius 3 is 2.67 bits per heavy atom. The molecule has 1 heterocycles. The van der Waals surface area contributed by atoms with Gasteiger partial charge in [-0.05, 0) is 30.0 Å². The topological polar surface area (TPSA) is 25.8 Å². The minimum atomic E-state index is 0.450. The van der Waals surface area contributed by atoms with Crippen molar-refractivity contribution in [2.45, 2.75) is 37.5 Å². The normalized spacial score (nSPS) is 10.9. The Morgan fingerprint density at radius 1 is 1.17 bits per heavy atom. The number of thioether (sulfide) groups is 1. The van der Waals surface area contributed by atoms with Crippen molar-refractivity contribution < 1.29 is 0 Å². The monoisotopic (exact) mass is 258 g/mol. The molecule has 1 aromatic carbocycles. The van der Waals surface area contributed by atoms with Crippen LogP contribution in [0, 0.1) is 6.92 Å². The molecule has 2 nitrogen and oxygen atoms in total. The van der Waals surface area contributed by atoms with Gasteiger partial charge in [0.15, 0.2) is 0 Å². The van der Waals surface area contributed by atoms with E-state index in [9.17, 15) is 0 Å². The molecule has 1 aromatic heterocycles. The van der Waals surface area contributed by atoms with E-state index in [1.807, 2.05) is 0 Å². The molecule has 0 radical (unpaired) electrons. The highest BCUT2D eigenvalue weighted by molar-refractivity contribution is 7.98. The number of benzene rings is 1. The number of aryl methyl sites for hydroxylation is 1. The first-order valence-electron chi connectivity index (χ1n) is 6.16. The molecule has 0 spiro atoms. The molecule has 18 heavy (non-hydrogen) atoms. The molecule has 2 rings (SSSR count). The third-order valence-corrected chi connectivity index (χ3v) is 3.87. The summed E-state index contributed by atoms with van der Waals surface area (Å²) in [6.07, 6.45) is 1.66. The smallest absolute Gasteiger partial charge is 0.116 e. The molecule has 0 amide bonds.